The molecule has 0 spiro atoms. The summed E-state index contributed by atoms with van der Waals surface area (Å²) in [5.74, 6) is 0.688. The largest absolute Gasteiger partial charge is 0.273 e. The van der Waals surface area contributed by atoms with Gasteiger partial charge in [0.15, 0.2) is 0 Å². The lowest BCUT2D eigenvalue weighted by Gasteiger charge is -1.80. The minimum absolute atomic E-state index is 0.688. The second kappa shape index (κ2) is 5.15. The summed E-state index contributed by atoms with van der Waals surface area (Å²) in [6.07, 6.45) is 3.43. The van der Waals surface area contributed by atoms with Crippen molar-refractivity contribution in [3.63, 3.8) is 0 Å². The van der Waals surface area contributed by atoms with E-state index in [4.69, 9.17) is 0 Å². The van der Waals surface area contributed by atoms with Crippen molar-refractivity contribution in [3.8, 4) is 0 Å². The van der Waals surface area contributed by atoms with Gasteiger partial charge in [-0.1, -0.05) is 6.08 Å². The summed E-state index contributed by atoms with van der Waals surface area (Å²) in [7, 11) is 1.68. The summed E-state index contributed by atoms with van der Waals surface area (Å²) in [5, 5.41) is 7.39. The number of azo groups is 1. The first-order valence-electron chi connectivity index (χ1n) is 2.76. The Hall–Kier alpha value is -0.990. The zero-order valence-corrected chi connectivity index (χ0v) is 6.00. The van der Waals surface area contributed by atoms with Crippen molar-refractivity contribution in [2.45, 2.75) is 13.8 Å². The van der Waals surface area contributed by atoms with E-state index >= 15 is 0 Å². The molecule has 3 nitrogen and oxygen atoms in total. The van der Waals surface area contributed by atoms with Gasteiger partial charge in [-0.3, -0.25) is 4.99 Å². The third kappa shape index (κ3) is 4.87. The molecule has 0 N–H and O–H groups in total. The Morgan fingerprint density at radius 1 is 1.44 bits per heavy atom. The molecule has 0 fully saturated rings. The highest BCUT2D eigenvalue weighted by molar-refractivity contribution is 5.79. The van der Waals surface area contributed by atoms with Gasteiger partial charge in [0.05, 0.1) is 0 Å². The van der Waals surface area contributed by atoms with Crippen molar-refractivity contribution in [2.75, 3.05) is 7.05 Å². The smallest absolute Gasteiger partial charge is 0.142 e. The average Bonchev–Trinajstić information content (AvgIpc) is 1.89. The van der Waals surface area contributed by atoms with Crippen LogP contribution in [0.1, 0.15) is 13.8 Å². The van der Waals surface area contributed by atoms with Crippen molar-refractivity contribution >= 4 is 5.84 Å². The molecule has 0 aliphatic rings. The van der Waals surface area contributed by atoms with Crippen LogP contribution in [0.25, 0.3) is 0 Å². The molecular weight excluding hydrogens is 114 g/mol. The summed E-state index contributed by atoms with van der Waals surface area (Å²) in [6.45, 7) is 3.68. The number of hydrogen-bond donors (Lipinski definition) is 0. The molecule has 0 aromatic carbocycles. The topological polar surface area (TPSA) is 37.1 Å². The number of rotatable bonds is 1. The van der Waals surface area contributed by atoms with Crippen LogP contribution in [-0.4, -0.2) is 12.9 Å². The zero-order chi connectivity index (χ0) is 7.11. The maximum Gasteiger partial charge on any atom is 0.142 e. The molecule has 0 aliphatic heterocycles. The molecule has 50 valence electrons. The van der Waals surface area contributed by atoms with E-state index in [0.29, 0.717) is 5.84 Å². The van der Waals surface area contributed by atoms with Gasteiger partial charge < -0.3 is 0 Å². The van der Waals surface area contributed by atoms with Crippen LogP contribution in [0.4, 0.5) is 0 Å². The first-order chi connectivity index (χ1) is 4.31. The van der Waals surface area contributed by atoms with Crippen LogP contribution in [0.3, 0.4) is 0 Å². The van der Waals surface area contributed by atoms with Crippen molar-refractivity contribution < 1.29 is 0 Å². The summed E-state index contributed by atoms with van der Waals surface area (Å²) in [4.78, 5) is 3.78. The molecule has 0 atom stereocenters. The molecule has 0 aromatic heterocycles. The monoisotopic (exact) mass is 125 g/mol. The van der Waals surface area contributed by atoms with Crippen molar-refractivity contribution in [3.05, 3.63) is 12.3 Å². The van der Waals surface area contributed by atoms with Crippen LogP contribution in [0, 0.1) is 0 Å². The number of hydrogen-bond acceptors (Lipinski definition) is 2. The SMILES string of the molecule is C\C=C/N=N\C(C)=N/C. The van der Waals surface area contributed by atoms with E-state index in [1.54, 1.807) is 20.2 Å². The normalized spacial score (nSPS) is 13.9. The zero-order valence-electron chi connectivity index (χ0n) is 6.00. The van der Waals surface area contributed by atoms with Crippen LogP contribution in [-0.2, 0) is 0 Å². The van der Waals surface area contributed by atoms with E-state index in [1.165, 1.54) is 0 Å². The van der Waals surface area contributed by atoms with E-state index in [2.05, 4.69) is 15.2 Å². The molecule has 0 heterocycles. The molecule has 0 bridgehead atoms. The van der Waals surface area contributed by atoms with Gasteiger partial charge in [-0.15, -0.1) is 5.11 Å². The first-order valence-corrected chi connectivity index (χ1v) is 2.76. The summed E-state index contributed by atoms with van der Waals surface area (Å²) in [6, 6.07) is 0. The molecule has 0 radical (unpaired) electrons. The fraction of sp³-hybridized carbons (Fsp3) is 0.500. The molecule has 0 saturated heterocycles. The van der Waals surface area contributed by atoms with E-state index in [1.807, 2.05) is 13.0 Å². The third-order valence-corrected chi connectivity index (χ3v) is 0.742. The molecule has 0 saturated carbocycles. The second-order valence-corrected chi connectivity index (χ2v) is 1.47. The van der Waals surface area contributed by atoms with Crippen LogP contribution in [0.2, 0.25) is 0 Å². The number of aliphatic imine (C=N–C) groups is 1. The Morgan fingerprint density at radius 2 is 2.11 bits per heavy atom. The second-order valence-electron chi connectivity index (χ2n) is 1.47. The predicted molar refractivity (Wildman–Crippen MR) is 38.7 cm³/mol. The third-order valence-electron chi connectivity index (χ3n) is 0.742. The van der Waals surface area contributed by atoms with Gasteiger partial charge in [-0.05, 0) is 13.8 Å². The van der Waals surface area contributed by atoms with Gasteiger partial charge in [0.25, 0.3) is 0 Å². The van der Waals surface area contributed by atoms with Crippen LogP contribution < -0.4 is 0 Å². The van der Waals surface area contributed by atoms with Crippen LogP contribution in [0.5, 0.6) is 0 Å². The predicted octanol–water partition coefficient (Wildman–Crippen LogP) is 2.02. The number of nitrogens with zero attached hydrogens (tertiary/aromatic N) is 3. The Morgan fingerprint density at radius 3 is 2.56 bits per heavy atom. The Kier molecular flexibility index (Phi) is 4.59. The quantitative estimate of drug-likeness (QED) is 0.292. The lowest BCUT2D eigenvalue weighted by molar-refractivity contribution is 1.23. The Bertz CT molecular complexity index is 144. The highest BCUT2D eigenvalue weighted by Gasteiger charge is 1.75. The van der Waals surface area contributed by atoms with E-state index in [0.717, 1.165) is 0 Å². The van der Waals surface area contributed by atoms with Gasteiger partial charge >= 0.3 is 0 Å². The van der Waals surface area contributed by atoms with Gasteiger partial charge in [0.2, 0.25) is 0 Å². The minimum atomic E-state index is 0.688. The fourth-order valence-electron chi connectivity index (χ4n) is 0.228. The average molecular weight is 125 g/mol. The molecular formula is C6H11N3. The standard InChI is InChI=1S/C6H11N3/c1-4-5-8-9-6(2)7-3/h4-5H,1-3H3/b5-4-,7-6-,9-8-. The van der Waals surface area contributed by atoms with E-state index in [9.17, 15) is 0 Å². The Labute approximate surface area is 55.2 Å². The maximum absolute atomic E-state index is 3.78. The van der Waals surface area contributed by atoms with Gasteiger partial charge in [0, 0.05) is 13.2 Å². The molecule has 0 unspecified atom stereocenters. The molecule has 0 rings (SSSR count). The van der Waals surface area contributed by atoms with Gasteiger partial charge in [0.1, 0.15) is 5.84 Å². The molecule has 0 aliphatic carbocycles. The highest BCUT2D eigenvalue weighted by Crippen LogP contribution is 1.81. The fourth-order valence-corrected chi connectivity index (χ4v) is 0.228. The summed E-state index contributed by atoms with van der Waals surface area (Å²) < 4.78 is 0. The van der Waals surface area contributed by atoms with Crippen LogP contribution in [0.15, 0.2) is 27.5 Å². The summed E-state index contributed by atoms with van der Waals surface area (Å²) in [5.41, 5.74) is 0. The molecule has 0 amide bonds. The van der Waals surface area contributed by atoms with Gasteiger partial charge in [-0.25, -0.2) is 0 Å². The minimum Gasteiger partial charge on any atom is -0.273 e. The molecule has 0 aromatic rings. The van der Waals surface area contributed by atoms with Crippen molar-refractivity contribution in [1.29, 1.82) is 0 Å². The lowest BCUT2D eigenvalue weighted by atomic mass is 10.7. The van der Waals surface area contributed by atoms with Crippen molar-refractivity contribution in [1.82, 2.24) is 0 Å². The highest BCUT2D eigenvalue weighted by atomic mass is 15.1. The molecule has 9 heavy (non-hydrogen) atoms. The molecule has 3 heteroatoms. The van der Waals surface area contributed by atoms with Crippen molar-refractivity contribution in [2.24, 2.45) is 15.2 Å². The first kappa shape index (κ1) is 8.01. The maximum atomic E-state index is 3.78. The van der Waals surface area contributed by atoms with Gasteiger partial charge in [-0.2, -0.15) is 5.11 Å². The summed E-state index contributed by atoms with van der Waals surface area (Å²) >= 11 is 0. The van der Waals surface area contributed by atoms with E-state index in [-0.39, 0.29) is 0 Å². The Balaban J connectivity index is 3.71. The van der Waals surface area contributed by atoms with Crippen LogP contribution >= 0.6 is 0 Å². The number of amidine groups is 1. The van der Waals surface area contributed by atoms with E-state index < -0.39 is 0 Å². The lowest BCUT2D eigenvalue weighted by Crippen LogP contribution is -1.79. The number of allylic oxidation sites excluding steroid dienone is 1.